The topological polar surface area (TPSA) is 84.9 Å². The average molecular weight is 463 g/mol. The fraction of sp³-hybridized carbons (Fsp3) is 0.500. The van der Waals surface area contributed by atoms with Gasteiger partial charge in [0.15, 0.2) is 11.5 Å². The summed E-state index contributed by atoms with van der Waals surface area (Å²) >= 11 is 1.17. The Kier molecular flexibility index (Phi) is 5.44. The number of hydrogen-bond acceptors (Lipinski definition) is 6. The number of amides is 1. The number of anilines is 1. The molecule has 1 amide bonds. The van der Waals surface area contributed by atoms with Crippen molar-refractivity contribution < 1.29 is 22.7 Å². The SMILES string of the molecule is O=C(Cc1ccc(S(=O)(=O)N2CCCCC2)s1)Nc1ccc2c(c1)OC1(CCCC1)O2. The van der Waals surface area contributed by atoms with E-state index in [4.69, 9.17) is 9.47 Å². The molecule has 2 aliphatic heterocycles. The zero-order valence-corrected chi connectivity index (χ0v) is 18.9. The minimum Gasteiger partial charge on any atom is -0.448 e. The number of carbonyl (C=O) groups is 1. The lowest BCUT2D eigenvalue weighted by molar-refractivity contribution is -0.115. The fourth-order valence-electron chi connectivity index (χ4n) is 4.48. The van der Waals surface area contributed by atoms with Crippen molar-refractivity contribution in [1.29, 1.82) is 0 Å². The van der Waals surface area contributed by atoms with Gasteiger partial charge < -0.3 is 14.8 Å². The molecule has 0 radical (unpaired) electrons. The van der Waals surface area contributed by atoms with Gasteiger partial charge in [0.2, 0.25) is 5.91 Å². The Morgan fingerprint density at radius 3 is 2.52 bits per heavy atom. The van der Waals surface area contributed by atoms with Crippen LogP contribution in [0.3, 0.4) is 0 Å². The third-order valence-corrected chi connectivity index (χ3v) is 9.52. The first-order chi connectivity index (χ1) is 14.9. The number of thiophene rings is 1. The highest BCUT2D eigenvalue weighted by Crippen LogP contribution is 2.47. The molecular formula is C22H26N2O5S2. The zero-order chi connectivity index (χ0) is 21.5. The Morgan fingerprint density at radius 2 is 1.74 bits per heavy atom. The Labute approximate surface area is 186 Å². The largest absolute Gasteiger partial charge is 0.448 e. The molecule has 3 heterocycles. The van der Waals surface area contributed by atoms with Gasteiger partial charge >= 0.3 is 0 Å². The summed E-state index contributed by atoms with van der Waals surface area (Å²) in [5.74, 6) is 0.646. The minimum absolute atomic E-state index is 0.124. The molecule has 5 rings (SSSR count). The number of carbonyl (C=O) groups excluding carboxylic acids is 1. The quantitative estimate of drug-likeness (QED) is 0.722. The summed E-state index contributed by atoms with van der Waals surface area (Å²) in [6.07, 6.45) is 6.94. The molecule has 1 saturated carbocycles. The van der Waals surface area contributed by atoms with Gasteiger partial charge in [-0.15, -0.1) is 11.3 Å². The van der Waals surface area contributed by atoms with Crippen LogP contribution >= 0.6 is 11.3 Å². The van der Waals surface area contributed by atoms with E-state index in [0.717, 1.165) is 49.8 Å². The lowest BCUT2D eigenvalue weighted by atomic mass is 10.2. The van der Waals surface area contributed by atoms with Gasteiger partial charge in [0.1, 0.15) is 4.21 Å². The van der Waals surface area contributed by atoms with E-state index in [1.807, 2.05) is 6.07 Å². The summed E-state index contributed by atoms with van der Waals surface area (Å²) in [4.78, 5) is 13.3. The summed E-state index contributed by atoms with van der Waals surface area (Å²) in [7, 11) is -3.46. The third kappa shape index (κ3) is 4.18. The zero-order valence-electron chi connectivity index (χ0n) is 17.3. The van der Waals surface area contributed by atoms with E-state index < -0.39 is 15.8 Å². The first-order valence-electron chi connectivity index (χ1n) is 10.8. The van der Waals surface area contributed by atoms with E-state index in [9.17, 15) is 13.2 Å². The van der Waals surface area contributed by atoms with E-state index in [1.54, 1.807) is 28.6 Å². The maximum Gasteiger partial charge on any atom is 0.252 e. The van der Waals surface area contributed by atoms with E-state index in [-0.39, 0.29) is 12.3 Å². The third-order valence-electron chi connectivity index (χ3n) is 6.07. The Morgan fingerprint density at radius 1 is 1.00 bits per heavy atom. The van der Waals surface area contributed by atoms with Crippen molar-refractivity contribution in [3.8, 4) is 11.5 Å². The Hall–Kier alpha value is -2.10. The number of fused-ring (bicyclic) bond motifs is 1. The van der Waals surface area contributed by atoms with Gasteiger partial charge in [-0.05, 0) is 49.9 Å². The second kappa shape index (κ2) is 8.11. The molecule has 3 aliphatic rings. The monoisotopic (exact) mass is 462 g/mol. The van der Waals surface area contributed by atoms with Crippen LogP contribution in [0.15, 0.2) is 34.5 Å². The Bertz CT molecular complexity index is 1080. The van der Waals surface area contributed by atoms with Gasteiger partial charge in [0, 0.05) is 42.6 Å². The second-order valence-corrected chi connectivity index (χ2v) is 11.7. The van der Waals surface area contributed by atoms with Crippen molar-refractivity contribution in [3.63, 3.8) is 0 Å². The lowest BCUT2D eigenvalue weighted by Crippen LogP contribution is -2.35. The minimum atomic E-state index is -3.46. The molecular weight excluding hydrogens is 436 g/mol. The van der Waals surface area contributed by atoms with Crippen LogP contribution in [0, 0.1) is 0 Å². The molecule has 1 N–H and O–H groups in total. The molecule has 2 aromatic rings. The number of rotatable bonds is 5. The number of sulfonamides is 1. The van der Waals surface area contributed by atoms with Gasteiger partial charge in [-0.2, -0.15) is 4.31 Å². The molecule has 1 aromatic heterocycles. The molecule has 2 fully saturated rings. The fourth-order valence-corrected chi connectivity index (χ4v) is 7.50. The average Bonchev–Trinajstić information content (AvgIpc) is 3.49. The molecule has 166 valence electrons. The van der Waals surface area contributed by atoms with Gasteiger partial charge in [-0.25, -0.2) is 8.42 Å². The molecule has 1 spiro atoms. The van der Waals surface area contributed by atoms with Gasteiger partial charge in [-0.3, -0.25) is 4.79 Å². The van der Waals surface area contributed by atoms with Gasteiger partial charge in [0.25, 0.3) is 15.8 Å². The predicted molar refractivity (Wildman–Crippen MR) is 118 cm³/mol. The molecule has 0 bridgehead atoms. The summed E-state index contributed by atoms with van der Waals surface area (Å²) < 4.78 is 39.5. The van der Waals surface area contributed by atoms with E-state index in [0.29, 0.717) is 34.5 Å². The smallest absolute Gasteiger partial charge is 0.252 e. The molecule has 1 saturated heterocycles. The van der Waals surface area contributed by atoms with Gasteiger partial charge in [-0.1, -0.05) is 6.42 Å². The van der Waals surface area contributed by atoms with E-state index in [2.05, 4.69) is 5.32 Å². The number of benzene rings is 1. The van der Waals surface area contributed by atoms with Crippen LogP contribution < -0.4 is 14.8 Å². The van der Waals surface area contributed by atoms with E-state index >= 15 is 0 Å². The van der Waals surface area contributed by atoms with Crippen molar-refractivity contribution in [2.45, 2.75) is 61.4 Å². The first-order valence-corrected chi connectivity index (χ1v) is 13.1. The van der Waals surface area contributed by atoms with Gasteiger partial charge in [0.05, 0.1) is 6.42 Å². The number of nitrogens with zero attached hydrogens (tertiary/aromatic N) is 1. The summed E-state index contributed by atoms with van der Waals surface area (Å²) in [6, 6.07) is 8.76. The summed E-state index contributed by atoms with van der Waals surface area (Å²) in [5.41, 5.74) is 0.639. The molecule has 7 nitrogen and oxygen atoms in total. The number of piperidine rings is 1. The van der Waals surface area contributed by atoms with Crippen LogP contribution in [0.25, 0.3) is 0 Å². The first kappa shape index (κ1) is 20.8. The van der Waals surface area contributed by atoms with Crippen molar-refractivity contribution in [1.82, 2.24) is 4.31 Å². The molecule has 1 aromatic carbocycles. The predicted octanol–water partition coefficient (Wildman–Crippen LogP) is 4.15. The molecule has 31 heavy (non-hydrogen) atoms. The molecule has 1 aliphatic carbocycles. The molecule has 9 heteroatoms. The standard InChI is InChI=1S/C22H26N2O5S2/c25-20(15-17-7-9-21(30-17)31(26,27)24-12-4-1-5-13-24)23-16-6-8-18-19(14-16)29-22(28-18)10-2-3-11-22/h6-9,14H,1-5,10-13,15H2,(H,23,25). The summed E-state index contributed by atoms with van der Waals surface area (Å²) in [6.45, 7) is 1.14. The van der Waals surface area contributed by atoms with Crippen LogP contribution in [0.1, 0.15) is 49.8 Å². The Balaban J connectivity index is 1.22. The van der Waals surface area contributed by atoms with Crippen molar-refractivity contribution >= 4 is 33.0 Å². The lowest BCUT2D eigenvalue weighted by Gasteiger charge is -2.25. The highest BCUT2D eigenvalue weighted by atomic mass is 32.2. The number of ether oxygens (including phenoxy) is 2. The normalized spacial score (nSPS) is 20.3. The number of nitrogens with one attached hydrogen (secondary N) is 1. The van der Waals surface area contributed by atoms with Crippen molar-refractivity contribution in [3.05, 3.63) is 35.2 Å². The van der Waals surface area contributed by atoms with Crippen molar-refractivity contribution in [2.24, 2.45) is 0 Å². The maximum absolute atomic E-state index is 12.8. The second-order valence-electron chi connectivity index (χ2n) is 8.39. The molecule has 0 atom stereocenters. The van der Waals surface area contributed by atoms with Crippen LogP contribution in [-0.4, -0.2) is 37.5 Å². The maximum atomic E-state index is 12.8. The summed E-state index contributed by atoms with van der Waals surface area (Å²) in [5, 5.41) is 2.88. The van der Waals surface area contributed by atoms with Crippen LogP contribution in [-0.2, 0) is 21.2 Å². The van der Waals surface area contributed by atoms with Crippen LogP contribution in [0.4, 0.5) is 5.69 Å². The number of hydrogen-bond donors (Lipinski definition) is 1. The van der Waals surface area contributed by atoms with E-state index in [1.165, 1.54) is 11.3 Å². The highest BCUT2D eigenvalue weighted by Gasteiger charge is 2.44. The van der Waals surface area contributed by atoms with Crippen LogP contribution in [0.5, 0.6) is 11.5 Å². The van der Waals surface area contributed by atoms with Crippen molar-refractivity contribution in [2.75, 3.05) is 18.4 Å². The molecule has 0 unspecified atom stereocenters. The highest BCUT2D eigenvalue weighted by molar-refractivity contribution is 7.91. The van der Waals surface area contributed by atoms with Crippen LogP contribution in [0.2, 0.25) is 0 Å².